The minimum Gasteiger partial charge on any atom is -0.341 e. The molecule has 0 bridgehead atoms. The topological polar surface area (TPSA) is 63.1 Å². The van der Waals surface area contributed by atoms with Crippen LogP contribution in [0, 0.1) is 5.92 Å². The highest BCUT2D eigenvalue weighted by molar-refractivity contribution is 5.80. The van der Waals surface area contributed by atoms with Crippen LogP contribution in [0.1, 0.15) is 38.6 Å². The summed E-state index contributed by atoms with van der Waals surface area (Å²) < 4.78 is 1.62. The maximum Gasteiger partial charge on any atom is 0.247 e. The van der Waals surface area contributed by atoms with Crippen LogP contribution in [-0.2, 0) is 4.79 Å². The van der Waals surface area contributed by atoms with E-state index < -0.39 is 0 Å². The Labute approximate surface area is 119 Å². The van der Waals surface area contributed by atoms with Gasteiger partial charge < -0.3 is 10.2 Å². The monoisotopic (exact) mass is 277 g/mol. The molecule has 1 atom stereocenters. The van der Waals surface area contributed by atoms with E-state index in [1.165, 1.54) is 19.2 Å². The molecule has 0 aromatic carbocycles. The first-order valence-corrected chi connectivity index (χ1v) is 7.60. The molecule has 20 heavy (non-hydrogen) atoms. The lowest BCUT2D eigenvalue weighted by Gasteiger charge is -2.34. The second kappa shape index (κ2) is 5.91. The predicted molar refractivity (Wildman–Crippen MR) is 75.1 cm³/mol. The van der Waals surface area contributed by atoms with Gasteiger partial charge in [0.1, 0.15) is 18.7 Å². The van der Waals surface area contributed by atoms with Crippen molar-refractivity contribution in [1.29, 1.82) is 0 Å². The van der Waals surface area contributed by atoms with E-state index in [0.29, 0.717) is 6.04 Å². The first-order chi connectivity index (χ1) is 9.74. The summed E-state index contributed by atoms with van der Waals surface area (Å²) in [5, 5.41) is 7.68. The van der Waals surface area contributed by atoms with Crippen molar-refractivity contribution in [2.75, 3.05) is 19.6 Å². The zero-order valence-corrected chi connectivity index (χ0v) is 12.0. The van der Waals surface area contributed by atoms with Crippen LogP contribution in [0.3, 0.4) is 0 Å². The lowest BCUT2D eigenvalue weighted by atomic mass is 10.0. The minimum absolute atomic E-state index is 0.149. The molecular weight excluding hydrogens is 254 g/mol. The summed E-state index contributed by atoms with van der Waals surface area (Å²) in [6.45, 7) is 4.74. The molecule has 1 saturated heterocycles. The molecule has 1 amide bonds. The van der Waals surface area contributed by atoms with Crippen LogP contribution < -0.4 is 5.32 Å². The summed E-state index contributed by atoms with van der Waals surface area (Å²) in [5.41, 5.74) is 0. The highest BCUT2D eigenvalue weighted by Crippen LogP contribution is 2.28. The van der Waals surface area contributed by atoms with Crippen molar-refractivity contribution < 1.29 is 4.79 Å². The van der Waals surface area contributed by atoms with E-state index in [1.807, 2.05) is 11.8 Å². The van der Waals surface area contributed by atoms with Gasteiger partial charge in [0.15, 0.2) is 0 Å². The molecule has 2 aliphatic rings. The summed E-state index contributed by atoms with van der Waals surface area (Å²) >= 11 is 0. The van der Waals surface area contributed by atoms with Crippen LogP contribution in [0.5, 0.6) is 0 Å². The average molecular weight is 277 g/mol. The van der Waals surface area contributed by atoms with Crippen molar-refractivity contribution in [1.82, 2.24) is 25.0 Å². The van der Waals surface area contributed by atoms with E-state index in [1.54, 1.807) is 11.0 Å². The normalized spacial score (nSPS) is 21.9. The van der Waals surface area contributed by atoms with Gasteiger partial charge in [0.2, 0.25) is 5.91 Å². The van der Waals surface area contributed by atoms with Gasteiger partial charge in [0.25, 0.3) is 0 Å². The smallest absolute Gasteiger partial charge is 0.247 e. The molecule has 1 N–H and O–H groups in total. The van der Waals surface area contributed by atoms with Crippen molar-refractivity contribution >= 4 is 5.91 Å². The number of aromatic nitrogens is 3. The van der Waals surface area contributed by atoms with Crippen LogP contribution in [-0.4, -0.2) is 51.2 Å². The number of carbonyl (C=O) groups excluding carboxylic acids is 1. The molecule has 2 fully saturated rings. The molecule has 3 rings (SSSR count). The molecule has 110 valence electrons. The number of nitrogens with zero attached hydrogens (tertiary/aromatic N) is 4. The molecule has 1 aliphatic heterocycles. The number of piperidine rings is 1. The van der Waals surface area contributed by atoms with E-state index in [2.05, 4.69) is 15.4 Å². The Morgan fingerprint density at radius 3 is 2.70 bits per heavy atom. The van der Waals surface area contributed by atoms with Crippen molar-refractivity contribution in [3.63, 3.8) is 0 Å². The molecule has 0 spiro atoms. The number of likely N-dealkylation sites (tertiary alicyclic amines) is 1. The fourth-order valence-electron chi connectivity index (χ4n) is 2.75. The summed E-state index contributed by atoms with van der Waals surface area (Å²) in [7, 11) is 0. The van der Waals surface area contributed by atoms with Crippen LogP contribution >= 0.6 is 0 Å². The minimum atomic E-state index is -0.256. The first kappa shape index (κ1) is 13.5. The Bertz CT molecular complexity index is 434. The standard InChI is InChI=1S/C14H23N5O/c1-11(19-10-15-9-17-19)14(20)18-6-4-13(5-7-18)16-8-12-2-3-12/h9-13,16H,2-8H2,1H3. The summed E-state index contributed by atoms with van der Waals surface area (Å²) in [5.74, 6) is 1.07. The molecule has 0 radical (unpaired) electrons. The fraction of sp³-hybridized carbons (Fsp3) is 0.786. The average Bonchev–Trinajstić information content (AvgIpc) is 3.16. The third-order valence-corrected chi connectivity index (χ3v) is 4.39. The van der Waals surface area contributed by atoms with Crippen molar-refractivity contribution in [3.8, 4) is 0 Å². The van der Waals surface area contributed by atoms with Crippen molar-refractivity contribution in [2.24, 2.45) is 5.92 Å². The number of rotatable bonds is 5. The molecule has 1 unspecified atom stereocenters. The van der Waals surface area contributed by atoms with E-state index in [4.69, 9.17) is 0 Å². The van der Waals surface area contributed by atoms with Crippen LogP contribution in [0.4, 0.5) is 0 Å². The second-order valence-electron chi connectivity index (χ2n) is 6.00. The van der Waals surface area contributed by atoms with Gasteiger partial charge in [-0.15, -0.1) is 0 Å². The molecule has 2 heterocycles. The maximum atomic E-state index is 12.4. The highest BCUT2D eigenvalue weighted by atomic mass is 16.2. The quantitative estimate of drug-likeness (QED) is 0.866. The number of amides is 1. The van der Waals surface area contributed by atoms with Crippen molar-refractivity contribution in [3.05, 3.63) is 12.7 Å². The zero-order chi connectivity index (χ0) is 13.9. The van der Waals surface area contributed by atoms with Gasteiger partial charge in [-0.3, -0.25) is 4.79 Å². The van der Waals surface area contributed by atoms with E-state index >= 15 is 0 Å². The molecular formula is C14H23N5O. The van der Waals surface area contributed by atoms with Crippen LogP contribution in [0.15, 0.2) is 12.7 Å². The second-order valence-corrected chi connectivity index (χ2v) is 6.00. The van der Waals surface area contributed by atoms with Gasteiger partial charge in [0, 0.05) is 19.1 Å². The van der Waals surface area contributed by atoms with Crippen LogP contribution in [0.25, 0.3) is 0 Å². The van der Waals surface area contributed by atoms with E-state index in [0.717, 1.165) is 38.4 Å². The van der Waals surface area contributed by atoms with Crippen molar-refractivity contribution in [2.45, 2.75) is 44.7 Å². The number of hydrogen-bond acceptors (Lipinski definition) is 4. The maximum absolute atomic E-state index is 12.4. The summed E-state index contributed by atoms with van der Waals surface area (Å²) in [4.78, 5) is 18.3. The van der Waals surface area contributed by atoms with Gasteiger partial charge in [-0.25, -0.2) is 9.67 Å². The molecule has 1 aromatic heterocycles. The summed E-state index contributed by atoms with van der Waals surface area (Å²) in [6.07, 6.45) is 7.97. The Balaban J connectivity index is 1.45. The third-order valence-electron chi connectivity index (χ3n) is 4.39. The van der Waals surface area contributed by atoms with Gasteiger partial charge in [0.05, 0.1) is 0 Å². The van der Waals surface area contributed by atoms with E-state index in [9.17, 15) is 4.79 Å². The lowest BCUT2D eigenvalue weighted by molar-refractivity contribution is -0.135. The van der Waals surface area contributed by atoms with Crippen LogP contribution in [0.2, 0.25) is 0 Å². The Morgan fingerprint density at radius 2 is 2.10 bits per heavy atom. The Morgan fingerprint density at radius 1 is 1.35 bits per heavy atom. The zero-order valence-electron chi connectivity index (χ0n) is 12.0. The van der Waals surface area contributed by atoms with Gasteiger partial charge in [-0.05, 0) is 45.1 Å². The van der Waals surface area contributed by atoms with E-state index in [-0.39, 0.29) is 11.9 Å². The molecule has 1 saturated carbocycles. The Hall–Kier alpha value is -1.43. The summed E-state index contributed by atoms with van der Waals surface area (Å²) in [6, 6.07) is 0.329. The molecule has 1 aromatic rings. The Kier molecular flexibility index (Phi) is 4.00. The molecule has 6 heteroatoms. The van der Waals surface area contributed by atoms with Gasteiger partial charge in [-0.1, -0.05) is 0 Å². The predicted octanol–water partition coefficient (Wildman–Crippen LogP) is 0.830. The third kappa shape index (κ3) is 3.17. The SMILES string of the molecule is CC(C(=O)N1CCC(NCC2CC2)CC1)n1cncn1. The van der Waals surface area contributed by atoms with Gasteiger partial charge >= 0.3 is 0 Å². The first-order valence-electron chi connectivity index (χ1n) is 7.60. The molecule has 6 nitrogen and oxygen atoms in total. The fourth-order valence-corrected chi connectivity index (χ4v) is 2.75. The number of carbonyl (C=O) groups is 1. The van der Waals surface area contributed by atoms with Gasteiger partial charge in [-0.2, -0.15) is 5.10 Å². The largest absolute Gasteiger partial charge is 0.341 e. The molecule has 1 aliphatic carbocycles. The lowest BCUT2D eigenvalue weighted by Crippen LogP contribution is -2.47. The number of hydrogen-bond donors (Lipinski definition) is 1. The number of nitrogens with one attached hydrogen (secondary N) is 1. The highest BCUT2D eigenvalue weighted by Gasteiger charge is 2.28.